The smallest absolute Gasteiger partial charge is 0.245 e. The van der Waals surface area contributed by atoms with Gasteiger partial charge < -0.3 is 5.32 Å². The van der Waals surface area contributed by atoms with Crippen LogP contribution in [-0.4, -0.2) is 34.3 Å². The normalized spacial score (nSPS) is 19.5. The molecule has 1 N–H and O–H groups in total. The topological polar surface area (TPSA) is 50.2 Å². The molecule has 1 aromatic heterocycles. The zero-order valence-electron chi connectivity index (χ0n) is 14.1. The second-order valence-electron chi connectivity index (χ2n) is 6.40. The van der Waals surface area contributed by atoms with Crippen LogP contribution < -0.4 is 10.2 Å². The maximum atomic E-state index is 13.8. The first-order valence-corrected chi connectivity index (χ1v) is 8.35. The summed E-state index contributed by atoms with van der Waals surface area (Å²) in [6.45, 7) is 2.68. The number of carbonyl (C=O) groups is 1. The molecule has 3 rings (SSSR count). The molecule has 1 aliphatic heterocycles. The highest BCUT2D eigenvalue weighted by molar-refractivity contribution is 5.97. The molecule has 0 bridgehead atoms. The van der Waals surface area contributed by atoms with Crippen LogP contribution >= 0.6 is 0 Å². The number of rotatable bonds is 5. The van der Waals surface area contributed by atoms with Crippen molar-refractivity contribution in [2.24, 2.45) is 7.05 Å². The van der Waals surface area contributed by atoms with Crippen molar-refractivity contribution in [3.8, 4) is 0 Å². The van der Waals surface area contributed by atoms with Crippen LogP contribution in [0, 0.1) is 5.82 Å². The third-order valence-electron chi connectivity index (χ3n) is 4.38. The van der Waals surface area contributed by atoms with Crippen molar-refractivity contribution in [3.63, 3.8) is 0 Å². The number of nitrogens with zero attached hydrogens (tertiary/aromatic N) is 3. The summed E-state index contributed by atoms with van der Waals surface area (Å²) in [5, 5.41) is 7.68. The molecule has 1 fully saturated rings. The van der Waals surface area contributed by atoms with Crippen LogP contribution in [0.2, 0.25) is 0 Å². The molecule has 2 atom stereocenters. The van der Waals surface area contributed by atoms with Gasteiger partial charge in [0, 0.05) is 31.9 Å². The number of hydrogen-bond donors (Lipinski definition) is 1. The average molecular weight is 330 g/mol. The predicted molar refractivity (Wildman–Crippen MR) is 91.3 cm³/mol. The van der Waals surface area contributed by atoms with Crippen molar-refractivity contribution in [2.45, 2.75) is 38.3 Å². The monoisotopic (exact) mass is 330 g/mol. The molecule has 0 spiro atoms. The van der Waals surface area contributed by atoms with Gasteiger partial charge in [-0.05, 0) is 37.8 Å². The highest BCUT2D eigenvalue weighted by Crippen LogP contribution is 2.20. The second kappa shape index (κ2) is 7.13. The van der Waals surface area contributed by atoms with Crippen molar-refractivity contribution in [3.05, 3.63) is 47.9 Å². The van der Waals surface area contributed by atoms with Gasteiger partial charge in [0.05, 0.1) is 6.04 Å². The first kappa shape index (κ1) is 16.6. The zero-order chi connectivity index (χ0) is 17.1. The molecule has 2 aromatic rings. The van der Waals surface area contributed by atoms with E-state index in [1.807, 2.05) is 32.3 Å². The summed E-state index contributed by atoms with van der Waals surface area (Å²) in [5.74, 6) is 0.535. The first-order valence-electron chi connectivity index (χ1n) is 8.35. The van der Waals surface area contributed by atoms with E-state index >= 15 is 0 Å². The number of aryl methyl sites for hydroxylation is 1. The lowest BCUT2D eigenvalue weighted by Crippen LogP contribution is -2.53. The lowest BCUT2D eigenvalue weighted by Gasteiger charge is -2.33. The number of piperidine rings is 1. The van der Waals surface area contributed by atoms with E-state index in [4.69, 9.17) is 0 Å². The number of anilines is 1. The molecule has 5 nitrogen and oxygen atoms in total. The van der Waals surface area contributed by atoms with Gasteiger partial charge >= 0.3 is 0 Å². The Morgan fingerprint density at radius 3 is 2.88 bits per heavy atom. The number of hydrogen-bond acceptors (Lipinski definition) is 3. The highest BCUT2D eigenvalue weighted by atomic mass is 19.1. The molecule has 1 aliphatic rings. The zero-order valence-corrected chi connectivity index (χ0v) is 14.1. The third kappa shape index (κ3) is 3.64. The van der Waals surface area contributed by atoms with E-state index in [9.17, 15) is 9.18 Å². The van der Waals surface area contributed by atoms with Crippen LogP contribution in [0.3, 0.4) is 0 Å². The quantitative estimate of drug-likeness (QED) is 0.915. The fourth-order valence-electron chi connectivity index (χ4n) is 3.20. The molecule has 1 amide bonds. The van der Waals surface area contributed by atoms with Crippen LogP contribution in [0.5, 0.6) is 0 Å². The van der Waals surface area contributed by atoms with Gasteiger partial charge in [-0.2, -0.15) is 5.10 Å². The summed E-state index contributed by atoms with van der Waals surface area (Å²) in [4.78, 5) is 14.5. The number of halogens is 1. The summed E-state index contributed by atoms with van der Waals surface area (Å²) < 4.78 is 15.5. The number of aromatic nitrogens is 2. The largest absolute Gasteiger partial charge is 0.303 e. The molecule has 1 saturated heterocycles. The Morgan fingerprint density at radius 2 is 2.17 bits per heavy atom. The van der Waals surface area contributed by atoms with Crippen molar-refractivity contribution in [1.29, 1.82) is 0 Å². The number of benzene rings is 1. The molecule has 0 radical (unpaired) electrons. The molecule has 2 heterocycles. The average Bonchev–Trinajstić information content (AvgIpc) is 2.98. The molecule has 24 heavy (non-hydrogen) atoms. The molecule has 0 saturated carbocycles. The van der Waals surface area contributed by atoms with Gasteiger partial charge in [0.15, 0.2) is 5.82 Å². The number of amides is 1. The van der Waals surface area contributed by atoms with Crippen LogP contribution in [0.4, 0.5) is 10.2 Å². The van der Waals surface area contributed by atoms with Gasteiger partial charge in [-0.15, -0.1) is 0 Å². The van der Waals surface area contributed by atoms with Crippen LogP contribution in [0.15, 0.2) is 36.5 Å². The van der Waals surface area contributed by atoms with Crippen molar-refractivity contribution in [2.75, 3.05) is 11.4 Å². The minimum atomic E-state index is -0.248. The maximum Gasteiger partial charge on any atom is 0.245 e. The van der Waals surface area contributed by atoms with Gasteiger partial charge in [0.2, 0.25) is 5.91 Å². The third-order valence-corrected chi connectivity index (χ3v) is 4.38. The first-order chi connectivity index (χ1) is 11.5. The summed E-state index contributed by atoms with van der Waals surface area (Å²) in [6, 6.07) is 8.39. The Hall–Kier alpha value is -2.21. The fourth-order valence-corrected chi connectivity index (χ4v) is 3.20. The minimum Gasteiger partial charge on any atom is -0.303 e. The second-order valence-corrected chi connectivity index (χ2v) is 6.40. The van der Waals surface area contributed by atoms with E-state index in [0.29, 0.717) is 24.3 Å². The van der Waals surface area contributed by atoms with E-state index in [1.54, 1.807) is 21.7 Å². The molecule has 0 aliphatic carbocycles. The van der Waals surface area contributed by atoms with Crippen molar-refractivity contribution < 1.29 is 9.18 Å². The minimum absolute atomic E-state index is 0.0135. The molecule has 6 heteroatoms. The molecule has 128 valence electrons. The van der Waals surface area contributed by atoms with Crippen LogP contribution in [0.25, 0.3) is 0 Å². The number of nitrogens with one attached hydrogen (secondary N) is 1. The van der Waals surface area contributed by atoms with E-state index in [1.165, 1.54) is 6.07 Å². The number of carbonyl (C=O) groups excluding carboxylic acids is 1. The van der Waals surface area contributed by atoms with Gasteiger partial charge in [-0.25, -0.2) is 4.39 Å². The van der Waals surface area contributed by atoms with E-state index in [0.717, 1.165) is 12.8 Å². The van der Waals surface area contributed by atoms with Crippen molar-refractivity contribution in [1.82, 2.24) is 15.1 Å². The van der Waals surface area contributed by atoms with Gasteiger partial charge in [-0.1, -0.05) is 18.2 Å². The summed E-state index contributed by atoms with van der Waals surface area (Å²) in [7, 11) is 1.84. The standard InChI is InChI=1S/C18H23FN4O/c1-13(12-14-6-3-4-7-15(14)19)20-16-8-5-10-23(18(16)24)17-9-11-22(2)21-17/h3-4,6-7,9,11,13,16,20H,5,8,10,12H2,1-2H3/t13-,16+/m1/s1. The van der Waals surface area contributed by atoms with Gasteiger partial charge in [-0.3, -0.25) is 14.4 Å². The Bertz CT molecular complexity index is 715. The molecule has 0 unspecified atom stereocenters. The van der Waals surface area contributed by atoms with E-state index < -0.39 is 0 Å². The highest BCUT2D eigenvalue weighted by Gasteiger charge is 2.31. The Balaban J connectivity index is 1.64. The van der Waals surface area contributed by atoms with Gasteiger partial charge in [0.1, 0.15) is 5.82 Å². The van der Waals surface area contributed by atoms with E-state index in [2.05, 4.69) is 10.4 Å². The van der Waals surface area contributed by atoms with E-state index in [-0.39, 0.29) is 23.8 Å². The molecular weight excluding hydrogens is 307 g/mol. The molecule has 1 aromatic carbocycles. The lowest BCUT2D eigenvalue weighted by molar-refractivity contribution is -0.122. The summed E-state index contributed by atoms with van der Waals surface area (Å²) >= 11 is 0. The Kier molecular flexibility index (Phi) is 4.94. The van der Waals surface area contributed by atoms with Gasteiger partial charge in [0.25, 0.3) is 0 Å². The summed E-state index contributed by atoms with van der Waals surface area (Å²) in [5.41, 5.74) is 0.669. The van der Waals surface area contributed by atoms with Crippen LogP contribution in [-0.2, 0) is 18.3 Å². The maximum absolute atomic E-state index is 13.8. The lowest BCUT2D eigenvalue weighted by atomic mass is 10.0. The Labute approximate surface area is 141 Å². The molecular formula is C18H23FN4O. The SMILES string of the molecule is C[C@H](Cc1ccccc1F)N[C@H]1CCCN(c2ccn(C)n2)C1=O. The summed E-state index contributed by atoms with van der Waals surface area (Å²) in [6.07, 6.45) is 4.11. The Morgan fingerprint density at radius 1 is 1.38 bits per heavy atom. The van der Waals surface area contributed by atoms with Crippen molar-refractivity contribution >= 4 is 11.7 Å². The predicted octanol–water partition coefficient (Wildman–Crippen LogP) is 2.28. The fraction of sp³-hybridized carbons (Fsp3) is 0.444. The van der Waals surface area contributed by atoms with Crippen LogP contribution in [0.1, 0.15) is 25.3 Å².